The van der Waals surface area contributed by atoms with Crippen molar-refractivity contribution >= 4 is 0 Å². The normalized spacial score (nSPS) is 21.8. The molecule has 0 bridgehead atoms. The smallest absolute Gasteiger partial charge is 0.131 e. The van der Waals surface area contributed by atoms with Gasteiger partial charge in [0.05, 0.1) is 0 Å². The lowest BCUT2D eigenvalue weighted by Crippen LogP contribution is -2.11. The summed E-state index contributed by atoms with van der Waals surface area (Å²) in [4.78, 5) is 0. The number of rotatable bonds is 2. The molecule has 2 aromatic rings. The lowest BCUT2D eigenvalue weighted by Gasteiger charge is -2.26. The minimum absolute atomic E-state index is 0.0839. The van der Waals surface area contributed by atoms with Crippen molar-refractivity contribution in [2.24, 2.45) is 5.92 Å². The van der Waals surface area contributed by atoms with Crippen LogP contribution in [-0.2, 0) is 0 Å². The molecule has 0 amide bonds. The van der Waals surface area contributed by atoms with Crippen LogP contribution in [0.15, 0.2) is 36.4 Å². The third-order valence-electron chi connectivity index (χ3n) is 5.30. The summed E-state index contributed by atoms with van der Waals surface area (Å²) in [6.45, 7) is 6.48. The highest BCUT2D eigenvalue weighted by Crippen LogP contribution is 2.37. The molecule has 0 saturated heterocycles. The van der Waals surface area contributed by atoms with Crippen molar-refractivity contribution in [1.82, 2.24) is 0 Å². The Kier molecular flexibility index (Phi) is 4.33. The molecular formula is C21H25F. The Hall–Kier alpha value is -1.63. The molecule has 0 aliphatic heterocycles. The molecule has 1 saturated carbocycles. The Labute approximate surface area is 133 Å². The summed E-state index contributed by atoms with van der Waals surface area (Å²) >= 11 is 0. The van der Waals surface area contributed by atoms with Crippen molar-refractivity contribution in [2.45, 2.75) is 52.4 Å². The molecule has 3 rings (SSSR count). The number of halogens is 1. The molecule has 1 heteroatoms. The van der Waals surface area contributed by atoms with E-state index in [2.05, 4.69) is 39.0 Å². The van der Waals surface area contributed by atoms with E-state index in [0.29, 0.717) is 5.92 Å². The van der Waals surface area contributed by atoms with E-state index < -0.39 is 0 Å². The highest BCUT2D eigenvalue weighted by atomic mass is 19.1. The largest absolute Gasteiger partial charge is 0.206 e. The molecule has 1 aliphatic rings. The monoisotopic (exact) mass is 296 g/mol. The number of benzene rings is 2. The van der Waals surface area contributed by atoms with Gasteiger partial charge in [0.25, 0.3) is 0 Å². The summed E-state index contributed by atoms with van der Waals surface area (Å²) in [6.07, 6.45) is 4.93. The predicted octanol–water partition coefficient (Wildman–Crippen LogP) is 6.40. The van der Waals surface area contributed by atoms with Gasteiger partial charge in [-0.05, 0) is 66.8 Å². The molecule has 116 valence electrons. The topological polar surface area (TPSA) is 0 Å². The molecule has 2 aromatic carbocycles. The van der Waals surface area contributed by atoms with Gasteiger partial charge in [0, 0.05) is 5.56 Å². The van der Waals surface area contributed by atoms with Crippen molar-refractivity contribution in [2.75, 3.05) is 0 Å². The zero-order valence-electron chi connectivity index (χ0n) is 13.8. The molecule has 22 heavy (non-hydrogen) atoms. The van der Waals surface area contributed by atoms with Crippen LogP contribution in [0.5, 0.6) is 0 Å². The fourth-order valence-corrected chi connectivity index (χ4v) is 3.52. The summed E-state index contributed by atoms with van der Waals surface area (Å²) in [5.74, 6) is 1.29. The van der Waals surface area contributed by atoms with Gasteiger partial charge in [-0.3, -0.25) is 0 Å². The van der Waals surface area contributed by atoms with E-state index in [-0.39, 0.29) is 5.82 Å². The van der Waals surface area contributed by atoms with Crippen LogP contribution in [0.1, 0.15) is 55.2 Å². The van der Waals surface area contributed by atoms with Gasteiger partial charge < -0.3 is 0 Å². The Morgan fingerprint density at radius 1 is 0.864 bits per heavy atom. The van der Waals surface area contributed by atoms with Gasteiger partial charge >= 0.3 is 0 Å². The van der Waals surface area contributed by atoms with Crippen LogP contribution in [0.25, 0.3) is 11.1 Å². The Morgan fingerprint density at radius 2 is 1.59 bits per heavy atom. The van der Waals surface area contributed by atoms with Gasteiger partial charge in [-0.2, -0.15) is 0 Å². The average molecular weight is 296 g/mol. The standard InChI is InChI=1S/C21H25F/c1-14-4-7-17(8-5-14)18-10-11-20(21(22)13-18)19-9-6-15(2)16(3)12-19/h6,9-14,17H,4-5,7-8H2,1-3H3. The summed E-state index contributed by atoms with van der Waals surface area (Å²) in [6, 6.07) is 12.0. The molecular weight excluding hydrogens is 271 g/mol. The maximum Gasteiger partial charge on any atom is 0.131 e. The Balaban J connectivity index is 1.87. The van der Waals surface area contributed by atoms with Gasteiger partial charge in [-0.1, -0.05) is 50.1 Å². The molecule has 0 aromatic heterocycles. The number of aryl methyl sites for hydroxylation is 2. The van der Waals surface area contributed by atoms with Gasteiger partial charge in [-0.15, -0.1) is 0 Å². The molecule has 0 atom stereocenters. The highest BCUT2D eigenvalue weighted by molar-refractivity contribution is 5.66. The minimum atomic E-state index is -0.0839. The van der Waals surface area contributed by atoms with Gasteiger partial charge in [0.15, 0.2) is 0 Å². The molecule has 1 fully saturated rings. The maximum atomic E-state index is 14.6. The summed E-state index contributed by atoms with van der Waals surface area (Å²) in [5, 5.41) is 0. The predicted molar refractivity (Wildman–Crippen MR) is 91.7 cm³/mol. The van der Waals surface area contributed by atoms with E-state index in [9.17, 15) is 4.39 Å². The molecule has 0 nitrogen and oxygen atoms in total. The molecule has 0 heterocycles. The van der Waals surface area contributed by atoms with Crippen LogP contribution in [0.3, 0.4) is 0 Å². The molecule has 0 radical (unpaired) electrons. The Morgan fingerprint density at radius 3 is 2.23 bits per heavy atom. The first-order valence-corrected chi connectivity index (χ1v) is 8.41. The number of hydrogen-bond acceptors (Lipinski definition) is 0. The van der Waals surface area contributed by atoms with Gasteiger partial charge in [0.1, 0.15) is 5.82 Å². The first-order valence-electron chi connectivity index (χ1n) is 8.41. The summed E-state index contributed by atoms with van der Waals surface area (Å²) in [5.41, 5.74) is 5.33. The Bertz CT molecular complexity index is 664. The quantitative estimate of drug-likeness (QED) is 0.601. The number of hydrogen-bond donors (Lipinski definition) is 0. The third-order valence-corrected chi connectivity index (χ3v) is 5.30. The van der Waals surface area contributed by atoms with E-state index in [0.717, 1.165) is 17.0 Å². The molecule has 0 spiro atoms. The fourth-order valence-electron chi connectivity index (χ4n) is 3.52. The van der Waals surface area contributed by atoms with Crippen LogP contribution in [0.2, 0.25) is 0 Å². The van der Waals surface area contributed by atoms with E-state index >= 15 is 0 Å². The van der Waals surface area contributed by atoms with Crippen molar-refractivity contribution in [3.63, 3.8) is 0 Å². The molecule has 0 unspecified atom stereocenters. The van der Waals surface area contributed by atoms with Crippen molar-refractivity contribution < 1.29 is 4.39 Å². The van der Waals surface area contributed by atoms with E-state index in [1.165, 1.54) is 42.4 Å². The van der Waals surface area contributed by atoms with Crippen LogP contribution >= 0.6 is 0 Å². The lowest BCUT2D eigenvalue weighted by atomic mass is 9.79. The fraction of sp³-hybridized carbons (Fsp3) is 0.429. The first kappa shape index (κ1) is 15.3. The van der Waals surface area contributed by atoms with Crippen LogP contribution < -0.4 is 0 Å². The van der Waals surface area contributed by atoms with Crippen LogP contribution in [0.4, 0.5) is 4.39 Å². The van der Waals surface area contributed by atoms with Crippen LogP contribution in [0, 0.1) is 25.6 Å². The zero-order chi connectivity index (χ0) is 15.7. The second-order valence-electron chi connectivity index (χ2n) is 7.00. The summed E-state index contributed by atoms with van der Waals surface area (Å²) in [7, 11) is 0. The second kappa shape index (κ2) is 6.24. The molecule has 0 N–H and O–H groups in total. The summed E-state index contributed by atoms with van der Waals surface area (Å²) < 4.78 is 14.6. The van der Waals surface area contributed by atoms with Crippen molar-refractivity contribution in [3.05, 3.63) is 58.9 Å². The maximum absolute atomic E-state index is 14.6. The lowest BCUT2D eigenvalue weighted by molar-refractivity contribution is 0.347. The third kappa shape index (κ3) is 3.09. The van der Waals surface area contributed by atoms with Crippen molar-refractivity contribution in [3.8, 4) is 11.1 Å². The zero-order valence-corrected chi connectivity index (χ0v) is 13.8. The second-order valence-corrected chi connectivity index (χ2v) is 7.00. The van der Waals surface area contributed by atoms with Gasteiger partial charge in [0.2, 0.25) is 0 Å². The average Bonchev–Trinajstić information content (AvgIpc) is 2.51. The first-order chi connectivity index (χ1) is 10.5. The van der Waals surface area contributed by atoms with E-state index in [4.69, 9.17) is 0 Å². The minimum Gasteiger partial charge on any atom is -0.206 e. The van der Waals surface area contributed by atoms with E-state index in [1.807, 2.05) is 12.1 Å². The van der Waals surface area contributed by atoms with Gasteiger partial charge in [-0.25, -0.2) is 4.39 Å². The SMILES string of the molecule is Cc1ccc(-c2ccc(C3CCC(C)CC3)cc2F)cc1C. The van der Waals surface area contributed by atoms with Crippen LogP contribution in [-0.4, -0.2) is 0 Å². The molecule has 1 aliphatic carbocycles. The van der Waals surface area contributed by atoms with Crippen molar-refractivity contribution in [1.29, 1.82) is 0 Å². The van der Waals surface area contributed by atoms with E-state index in [1.54, 1.807) is 6.07 Å². The highest BCUT2D eigenvalue weighted by Gasteiger charge is 2.20.